The number of aromatic nitrogens is 5. The van der Waals surface area contributed by atoms with Crippen molar-refractivity contribution in [3.63, 3.8) is 0 Å². The summed E-state index contributed by atoms with van der Waals surface area (Å²) in [6.07, 6.45) is 0. The van der Waals surface area contributed by atoms with Gasteiger partial charge in [-0.3, -0.25) is 9.36 Å². The number of aryl methyl sites for hydroxylation is 1. The van der Waals surface area contributed by atoms with Gasteiger partial charge in [0.1, 0.15) is 5.82 Å². The molecule has 34 heavy (non-hydrogen) atoms. The lowest BCUT2D eigenvalue weighted by Gasteiger charge is -2.11. The number of nitrogens with one attached hydrogen (secondary N) is 1. The fourth-order valence-electron chi connectivity index (χ4n) is 3.91. The summed E-state index contributed by atoms with van der Waals surface area (Å²) in [6.45, 7) is 3.18. The van der Waals surface area contributed by atoms with E-state index in [0.717, 1.165) is 33.9 Å². The van der Waals surface area contributed by atoms with Gasteiger partial charge in [-0.2, -0.15) is 0 Å². The van der Waals surface area contributed by atoms with Crippen LogP contribution in [-0.4, -0.2) is 42.5 Å². The van der Waals surface area contributed by atoms with Crippen molar-refractivity contribution in [3.05, 3.63) is 90.8 Å². The molecule has 0 fully saturated rings. The molecule has 0 aliphatic heterocycles. The number of carbonyl (C=O) groups excluding carboxylic acids is 1. The average Bonchev–Trinajstić information content (AvgIpc) is 3.44. The Labute approximate surface area is 201 Å². The molecule has 1 N–H and O–H groups in total. The molecule has 0 bridgehead atoms. The summed E-state index contributed by atoms with van der Waals surface area (Å²) in [7, 11) is 0. The molecule has 0 saturated heterocycles. The Kier molecular flexibility index (Phi) is 6.40. The third kappa shape index (κ3) is 4.58. The highest BCUT2D eigenvalue weighted by molar-refractivity contribution is 7.99. The zero-order valence-electron chi connectivity index (χ0n) is 18.8. The van der Waals surface area contributed by atoms with Crippen LogP contribution < -0.4 is 5.32 Å². The molecule has 5 rings (SSSR count). The molecule has 8 heteroatoms. The Morgan fingerprint density at radius 3 is 2.41 bits per heavy atom. The van der Waals surface area contributed by atoms with E-state index in [1.165, 1.54) is 11.8 Å². The maximum atomic E-state index is 12.6. The van der Waals surface area contributed by atoms with Gasteiger partial charge in [0.25, 0.3) is 0 Å². The molecule has 7 nitrogen and oxygen atoms in total. The molecule has 2 heterocycles. The predicted octanol–water partition coefficient (Wildman–Crippen LogP) is 4.50. The monoisotopic (exact) mass is 468 g/mol. The van der Waals surface area contributed by atoms with Gasteiger partial charge in [0.2, 0.25) is 5.91 Å². The predicted molar refractivity (Wildman–Crippen MR) is 135 cm³/mol. The smallest absolute Gasteiger partial charge is 0.230 e. The topological polar surface area (TPSA) is 77.6 Å². The molecule has 0 radical (unpaired) electrons. The van der Waals surface area contributed by atoms with Crippen LogP contribution in [0.1, 0.15) is 5.82 Å². The highest BCUT2D eigenvalue weighted by Crippen LogP contribution is 2.27. The molecular weight excluding hydrogens is 444 g/mol. The number of para-hydroxylation sites is 3. The average molecular weight is 469 g/mol. The maximum absolute atomic E-state index is 12.6. The standard InChI is InChI=1S/C26H24N6OS/c1-19-28-22-14-8-9-15-23(22)31(19)17-16-27-24(33)18-34-26-30-29-25(20-10-4-2-5-11-20)32(26)21-12-6-3-7-13-21/h2-15H,16-18H2,1H3,(H,27,33). The lowest BCUT2D eigenvalue weighted by atomic mass is 10.2. The van der Waals surface area contributed by atoms with Crippen LogP contribution in [0.15, 0.2) is 90.1 Å². The fraction of sp³-hybridized carbons (Fsp3) is 0.154. The van der Waals surface area contributed by atoms with E-state index in [0.29, 0.717) is 18.2 Å². The van der Waals surface area contributed by atoms with Gasteiger partial charge in [-0.05, 0) is 31.2 Å². The van der Waals surface area contributed by atoms with E-state index in [1.807, 2.05) is 96.4 Å². The summed E-state index contributed by atoms with van der Waals surface area (Å²) >= 11 is 1.38. The highest BCUT2D eigenvalue weighted by atomic mass is 32.2. The number of rotatable bonds is 8. The van der Waals surface area contributed by atoms with E-state index in [2.05, 4.69) is 25.1 Å². The number of amides is 1. The number of fused-ring (bicyclic) bond motifs is 1. The molecule has 2 aromatic heterocycles. The van der Waals surface area contributed by atoms with Crippen LogP contribution in [0.5, 0.6) is 0 Å². The number of thioether (sulfide) groups is 1. The van der Waals surface area contributed by atoms with Gasteiger partial charge < -0.3 is 9.88 Å². The van der Waals surface area contributed by atoms with Crippen LogP contribution in [0, 0.1) is 6.92 Å². The Hall–Kier alpha value is -3.91. The fourth-order valence-corrected chi connectivity index (χ4v) is 4.70. The van der Waals surface area contributed by atoms with E-state index in [4.69, 9.17) is 0 Å². The molecule has 0 unspecified atom stereocenters. The van der Waals surface area contributed by atoms with Crippen molar-refractivity contribution >= 4 is 28.7 Å². The van der Waals surface area contributed by atoms with Gasteiger partial charge in [0, 0.05) is 24.3 Å². The van der Waals surface area contributed by atoms with E-state index in [1.54, 1.807) is 0 Å². The van der Waals surface area contributed by atoms with Crippen molar-refractivity contribution in [1.82, 2.24) is 29.6 Å². The van der Waals surface area contributed by atoms with Crippen LogP contribution in [0.2, 0.25) is 0 Å². The minimum atomic E-state index is -0.0454. The third-order valence-corrected chi connectivity index (χ3v) is 6.44. The first-order valence-electron chi connectivity index (χ1n) is 11.1. The summed E-state index contributed by atoms with van der Waals surface area (Å²) in [4.78, 5) is 17.2. The summed E-state index contributed by atoms with van der Waals surface area (Å²) in [6, 6.07) is 27.9. The van der Waals surface area contributed by atoms with Crippen molar-refractivity contribution in [1.29, 1.82) is 0 Å². The Bertz CT molecular complexity index is 1410. The lowest BCUT2D eigenvalue weighted by molar-refractivity contribution is -0.118. The third-order valence-electron chi connectivity index (χ3n) is 5.52. The second-order valence-electron chi connectivity index (χ2n) is 7.78. The number of imidazole rings is 1. The molecule has 0 aliphatic carbocycles. The molecule has 0 saturated carbocycles. The summed E-state index contributed by atoms with van der Waals surface area (Å²) in [5.41, 5.74) is 3.97. The van der Waals surface area contributed by atoms with Crippen LogP contribution in [-0.2, 0) is 11.3 Å². The molecule has 3 aromatic carbocycles. The number of hydrogen-bond donors (Lipinski definition) is 1. The summed E-state index contributed by atoms with van der Waals surface area (Å²) in [5.74, 6) is 1.89. The second-order valence-corrected chi connectivity index (χ2v) is 8.72. The molecule has 170 valence electrons. The number of nitrogens with zero attached hydrogens (tertiary/aromatic N) is 5. The zero-order chi connectivity index (χ0) is 23.3. The normalized spacial score (nSPS) is 11.1. The highest BCUT2D eigenvalue weighted by Gasteiger charge is 2.17. The van der Waals surface area contributed by atoms with Crippen molar-refractivity contribution in [2.24, 2.45) is 0 Å². The minimum absolute atomic E-state index is 0.0454. The molecule has 5 aromatic rings. The van der Waals surface area contributed by atoms with Gasteiger partial charge >= 0.3 is 0 Å². The number of carbonyl (C=O) groups is 1. The van der Waals surface area contributed by atoms with Crippen LogP contribution >= 0.6 is 11.8 Å². The molecule has 0 spiro atoms. The first-order valence-corrected chi connectivity index (χ1v) is 12.1. The quantitative estimate of drug-likeness (QED) is 0.339. The molecule has 0 atom stereocenters. The van der Waals surface area contributed by atoms with E-state index < -0.39 is 0 Å². The van der Waals surface area contributed by atoms with Crippen LogP contribution in [0.4, 0.5) is 0 Å². The second kappa shape index (κ2) is 9.93. The van der Waals surface area contributed by atoms with Crippen molar-refractivity contribution in [3.8, 4) is 17.1 Å². The minimum Gasteiger partial charge on any atom is -0.354 e. The molecule has 1 amide bonds. The number of benzene rings is 3. The largest absolute Gasteiger partial charge is 0.354 e. The maximum Gasteiger partial charge on any atom is 0.230 e. The van der Waals surface area contributed by atoms with Crippen molar-refractivity contribution in [2.75, 3.05) is 12.3 Å². The van der Waals surface area contributed by atoms with Crippen LogP contribution in [0.3, 0.4) is 0 Å². The molecule has 0 aliphatic rings. The van der Waals surface area contributed by atoms with E-state index in [-0.39, 0.29) is 11.7 Å². The SMILES string of the molecule is Cc1nc2ccccc2n1CCNC(=O)CSc1nnc(-c2ccccc2)n1-c1ccccc1. The van der Waals surface area contributed by atoms with Gasteiger partial charge in [-0.1, -0.05) is 72.4 Å². The van der Waals surface area contributed by atoms with Crippen LogP contribution in [0.25, 0.3) is 28.1 Å². The lowest BCUT2D eigenvalue weighted by Crippen LogP contribution is -2.29. The van der Waals surface area contributed by atoms with Gasteiger partial charge in [-0.15, -0.1) is 10.2 Å². The summed E-state index contributed by atoms with van der Waals surface area (Å²) in [5, 5.41) is 12.5. The Balaban J connectivity index is 1.26. The van der Waals surface area contributed by atoms with E-state index >= 15 is 0 Å². The van der Waals surface area contributed by atoms with Gasteiger partial charge in [0.15, 0.2) is 11.0 Å². The van der Waals surface area contributed by atoms with E-state index in [9.17, 15) is 4.79 Å². The Morgan fingerprint density at radius 1 is 0.912 bits per heavy atom. The van der Waals surface area contributed by atoms with Gasteiger partial charge in [0.05, 0.1) is 16.8 Å². The first kappa shape index (κ1) is 21.9. The summed E-state index contributed by atoms with van der Waals surface area (Å²) < 4.78 is 4.12. The Morgan fingerprint density at radius 2 is 1.62 bits per heavy atom. The van der Waals surface area contributed by atoms with Gasteiger partial charge in [-0.25, -0.2) is 4.98 Å². The molecular formula is C26H24N6OS. The first-order chi connectivity index (χ1) is 16.7. The van der Waals surface area contributed by atoms with Crippen molar-refractivity contribution in [2.45, 2.75) is 18.6 Å². The van der Waals surface area contributed by atoms with Crippen molar-refractivity contribution < 1.29 is 4.79 Å². The zero-order valence-corrected chi connectivity index (χ0v) is 19.6. The number of hydrogen-bond acceptors (Lipinski definition) is 5.